The van der Waals surface area contributed by atoms with Crippen molar-refractivity contribution in [3.63, 3.8) is 0 Å². The van der Waals surface area contributed by atoms with E-state index in [1.807, 2.05) is 0 Å². The third-order valence-electron chi connectivity index (χ3n) is 2.52. The molecule has 0 saturated heterocycles. The van der Waals surface area contributed by atoms with Crippen LogP contribution < -0.4 is 0 Å². The van der Waals surface area contributed by atoms with E-state index in [0.29, 0.717) is 0 Å². The van der Waals surface area contributed by atoms with Crippen LogP contribution in [0.5, 0.6) is 0 Å². The van der Waals surface area contributed by atoms with Crippen LogP contribution in [0.25, 0.3) is 0 Å². The predicted octanol–water partition coefficient (Wildman–Crippen LogP) is 5.37. The number of rotatable bonds is 10. The van der Waals surface area contributed by atoms with Gasteiger partial charge in [-0.3, -0.25) is 0 Å². The predicted molar refractivity (Wildman–Crippen MR) is 73.5 cm³/mol. The van der Waals surface area contributed by atoms with Crippen LogP contribution in [0.15, 0.2) is 0 Å². The van der Waals surface area contributed by atoms with Crippen LogP contribution in [0, 0.1) is 10.7 Å². The Morgan fingerprint density at radius 1 is 1.00 bits per heavy atom. The zero-order valence-corrected chi connectivity index (χ0v) is 11.9. The molecule has 0 aromatic carbocycles. The lowest BCUT2D eigenvalue weighted by Gasteiger charge is -2.05. The highest BCUT2D eigenvalue weighted by molar-refractivity contribution is 8.57. The Morgan fingerprint density at radius 3 is 2.07 bits per heavy atom. The lowest BCUT2D eigenvalue weighted by Crippen LogP contribution is -1.83. The second-order valence-corrected chi connectivity index (χ2v) is 8.49. The van der Waals surface area contributed by atoms with Gasteiger partial charge in [-0.15, -0.1) is 0 Å². The van der Waals surface area contributed by atoms with Crippen molar-refractivity contribution in [3.8, 4) is 5.40 Å². The summed E-state index contributed by atoms with van der Waals surface area (Å²) in [7, 11) is -0.0553. The monoisotopic (exact) mass is 245 g/mol. The molecule has 0 aliphatic carbocycles. The van der Waals surface area contributed by atoms with E-state index in [0.717, 1.165) is 0 Å². The fourth-order valence-corrected chi connectivity index (χ4v) is 3.56. The first-order valence-electron chi connectivity index (χ1n) is 6.08. The molecule has 0 aliphatic heterocycles. The maximum atomic E-state index is 8.49. The third-order valence-corrected chi connectivity index (χ3v) is 5.59. The molecule has 0 heterocycles. The third kappa shape index (κ3) is 12.2. The molecule has 1 nitrogen and oxygen atoms in total. The SMILES string of the molecule is CCCCCCCCCCP(C)SC#N. The average Bonchev–Trinajstić information content (AvgIpc) is 2.22. The van der Waals surface area contributed by atoms with Gasteiger partial charge < -0.3 is 0 Å². The van der Waals surface area contributed by atoms with Gasteiger partial charge in [0.1, 0.15) is 5.40 Å². The Hall–Kier alpha value is 0.270. The first kappa shape index (κ1) is 15.3. The number of nitriles is 1. The molecule has 0 saturated carbocycles. The van der Waals surface area contributed by atoms with E-state index < -0.39 is 0 Å². The van der Waals surface area contributed by atoms with Crippen molar-refractivity contribution in [1.82, 2.24) is 0 Å². The minimum Gasteiger partial charge on any atom is -0.185 e. The van der Waals surface area contributed by atoms with Crippen molar-refractivity contribution in [2.75, 3.05) is 12.8 Å². The summed E-state index contributed by atoms with van der Waals surface area (Å²) in [6, 6.07) is 0. The highest BCUT2D eigenvalue weighted by atomic mass is 32.7. The van der Waals surface area contributed by atoms with Gasteiger partial charge in [-0.1, -0.05) is 51.9 Å². The molecule has 1 unspecified atom stereocenters. The molecule has 0 aromatic rings. The molecule has 0 radical (unpaired) electrons. The quantitative estimate of drug-likeness (QED) is 0.293. The maximum absolute atomic E-state index is 8.49. The summed E-state index contributed by atoms with van der Waals surface area (Å²) in [6.07, 6.45) is 12.3. The van der Waals surface area contributed by atoms with Crippen molar-refractivity contribution in [2.24, 2.45) is 0 Å². The smallest absolute Gasteiger partial charge is 0.137 e. The molecule has 0 aliphatic rings. The van der Waals surface area contributed by atoms with Crippen molar-refractivity contribution in [2.45, 2.75) is 58.3 Å². The van der Waals surface area contributed by atoms with E-state index >= 15 is 0 Å². The van der Waals surface area contributed by atoms with E-state index in [1.165, 1.54) is 68.9 Å². The molecule has 88 valence electrons. The standard InChI is InChI=1S/C12H24NPS/c1-3-4-5-6-7-8-9-10-11-14(2)15-12-13/h3-11H2,1-2H3. The number of unbranched alkanes of at least 4 members (excludes halogenated alkanes) is 7. The molecular formula is C12H24NPS. The molecule has 0 rings (SSSR count). The van der Waals surface area contributed by atoms with Crippen molar-refractivity contribution >= 4 is 18.5 Å². The average molecular weight is 245 g/mol. The summed E-state index contributed by atoms with van der Waals surface area (Å²) >= 11 is 1.48. The Labute approximate surface area is 101 Å². The zero-order chi connectivity index (χ0) is 11.4. The summed E-state index contributed by atoms with van der Waals surface area (Å²) in [6.45, 7) is 4.47. The van der Waals surface area contributed by atoms with Crippen LogP contribution in [0.2, 0.25) is 0 Å². The van der Waals surface area contributed by atoms with E-state index in [-0.39, 0.29) is 7.12 Å². The van der Waals surface area contributed by atoms with Crippen LogP contribution in [0.1, 0.15) is 58.3 Å². The van der Waals surface area contributed by atoms with Gasteiger partial charge in [0.15, 0.2) is 0 Å². The summed E-state index contributed by atoms with van der Waals surface area (Å²) < 4.78 is 0. The number of thiocyanates is 1. The Morgan fingerprint density at radius 2 is 1.53 bits per heavy atom. The van der Waals surface area contributed by atoms with Gasteiger partial charge in [-0.25, -0.2) is 0 Å². The summed E-state index contributed by atoms with van der Waals surface area (Å²) in [5.74, 6) is 0. The second-order valence-electron chi connectivity index (χ2n) is 4.01. The zero-order valence-electron chi connectivity index (χ0n) is 10.2. The van der Waals surface area contributed by atoms with E-state index in [2.05, 4.69) is 19.0 Å². The number of nitrogens with zero attached hydrogens (tertiary/aromatic N) is 1. The highest BCUT2D eigenvalue weighted by Gasteiger charge is 2.00. The molecule has 1 atom stereocenters. The topological polar surface area (TPSA) is 23.8 Å². The first-order valence-corrected chi connectivity index (χ1v) is 9.48. The second kappa shape index (κ2) is 12.3. The molecular weight excluding hydrogens is 221 g/mol. The molecule has 0 bridgehead atoms. The van der Waals surface area contributed by atoms with Gasteiger partial charge in [-0.2, -0.15) is 5.26 Å². The molecule has 0 aromatic heterocycles. The van der Waals surface area contributed by atoms with Gasteiger partial charge in [0.2, 0.25) is 0 Å². The summed E-state index contributed by atoms with van der Waals surface area (Å²) in [5.41, 5.74) is 0. The van der Waals surface area contributed by atoms with E-state index in [9.17, 15) is 0 Å². The molecule has 0 spiro atoms. The van der Waals surface area contributed by atoms with Crippen LogP contribution in [0.4, 0.5) is 0 Å². The summed E-state index contributed by atoms with van der Waals surface area (Å²) in [5, 5.41) is 10.7. The molecule has 15 heavy (non-hydrogen) atoms. The van der Waals surface area contributed by atoms with Gasteiger partial charge in [0.05, 0.1) is 0 Å². The fraction of sp³-hybridized carbons (Fsp3) is 0.917. The molecule has 0 fully saturated rings. The van der Waals surface area contributed by atoms with Crippen LogP contribution in [0.3, 0.4) is 0 Å². The number of hydrogen-bond acceptors (Lipinski definition) is 2. The van der Waals surface area contributed by atoms with Gasteiger partial charge in [0, 0.05) is 0 Å². The van der Waals surface area contributed by atoms with Gasteiger partial charge in [-0.05, 0) is 37.8 Å². The maximum Gasteiger partial charge on any atom is 0.137 e. The lowest BCUT2D eigenvalue weighted by atomic mass is 10.1. The van der Waals surface area contributed by atoms with Gasteiger partial charge in [0.25, 0.3) is 0 Å². The van der Waals surface area contributed by atoms with Gasteiger partial charge >= 0.3 is 0 Å². The minimum absolute atomic E-state index is 0.0553. The Bertz CT molecular complexity index is 167. The highest BCUT2D eigenvalue weighted by Crippen LogP contribution is 2.45. The van der Waals surface area contributed by atoms with Crippen molar-refractivity contribution < 1.29 is 0 Å². The van der Waals surface area contributed by atoms with Crippen LogP contribution in [-0.2, 0) is 0 Å². The molecule has 3 heteroatoms. The Kier molecular flexibility index (Phi) is 12.6. The Balaban J connectivity index is 3.02. The number of hydrogen-bond donors (Lipinski definition) is 0. The largest absolute Gasteiger partial charge is 0.185 e. The van der Waals surface area contributed by atoms with E-state index in [4.69, 9.17) is 5.26 Å². The van der Waals surface area contributed by atoms with Crippen molar-refractivity contribution in [3.05, 3.63) is 0 Å². The lowest BCUT2D eigenvalue weighted by molar-refractivity contribution is 0.586. The van der Waals surface area contributed by atoms with E-state index in [1.54, 1.807) is 0 Å². The van der Waals surface area contributed by atoms with Crippen molar-refractivity contribution in [1.29, 1.82) is 5.26 Å². The van der Waals surface area contributed by atoms with Crippen LogP contribution >= 0.6 is 18.5 Å². The molecule has 0 N–H and O–H groups in total. The fourth-order valence-electron chi connectivity index (χ4n) is 1.58. The minimum atomic E-state index is -0.0553. The summed E-state index contributed by atoms with van der Waals surface area (Å²) in [4.78, 5) is 0. The first-order chi connectivity index (χ1) is 7.31. The molecule has 0 amide bonds. The van der Waals surface area contributed by atoms with Crippen LogP contribution in [-0.4, -0.2) is 12.8 Å². The normalized spacial score (nSPS) is 12.3.